The predicted molar refractivity (Wildman–Crippen MR) is 122 cm³/mol. The highest BCUT2D eigenvalue weighted by molar-refractivity contribution is 6.43. The molecule has 10 heteroatoms. The average Bonchev–Trinajstić information content (AvgIpc) is 3.44. The molecule has 0 unspecified atom stereocenters. The van der Waals surface area contributed by atoms with Crippen LogP contribution in [0.4, 0.5) is 10.5 Å². The topological polar surface area (TPSA) is 84.9 Å². The molecule has 3 aliphatic rings. The van der Waals surface area contributed by atoms with Crippen molar-refractivity contribution in [1.82, 2.24) is 5.32 Å². The van der Waals surface area contributed by atoms with Crippen LogP contribution in [0, 0.1) is 11.8 Å². The molecule has 7 nitrogen and oxygen atoms in total. The van der Waals surface area contributed by atoms with E-state index >= 15 is 0 Å². The number of nitrogens with zero attached hydrogens (tertiary/aromatic N) is 1. The first-order valence-corrected chi connectivity index (χ1v) is 11.3. The number of para-hydroxylation sites is 1. The maximum absolute atomic E-state index is 13.3. The largest absolute Gasteiger partial charge is 0.445 e. The lowest BCUT2D eigenvalue weighted by atomic mass is 9.77. The molecule has 0 aromatic heterocycles. The van der Waals surface area contributed by atoms with Crippen LogP contribution in [0.5, 0.6) is 0 Å². The number of fused-ring (bicyclic) bond motifs is 5. The Hall–Kier alpha value is -2.58. The Balaban J connectivity index is 1.27. The monoisotopic (exact) mass is 506 g/mol. The Bertz CT molecular complexity index is 1190. The molecule has 33 heavy (non-hydrogen) atoms. The molecule has 3 heterocycles. The van der Waals surface area contributed by atoms with Crippen LogP contribution in [0.15, 0.2) is 54.6 Å². The Morgan fingerprint density at radius 3 is 2.55 bits per heavy atom. The number of amides is 3. The van der Waals surface area contributed by atoms with Crippen molar-refractivity contribution in [2.24, 2.45) is 11.8 Å². The van der Waals surface area contributed by atoms with E-state index in [1.807, 2.05) is 6.07 Å². The maximum Gasteiger partial charge on any atom is 0.407 e. The van der Waals surface area contributed by atoms with Crippen molar-refractivity contribution >= 4 is 58.4 Å². The number of imide groups is 1. The number of benzene rings is 2. The minimum Gasteiger partial charge on any atom is -0.445 e. The van der Waals surface area contributed by atoms with Gasteiger partial charge in [0.15, 0.2) is 0 Å². The van der Waals surface area contributed by atoms with E-state index in [0.717, 1.165) is 0 Å². The first kappa shape index (κ1) is 22.2. The Kier molecular flexibility index (Phi) is 5.61. The van der Waals surface area contributed by atoms with Gasteiger partial charge in [0.25, 0.3) is 0 Å². The van der Waals surface area contributed by atoms with E-state index in [0.29, 0.717) is 26.3 Å². The summed E-state index contributed by atoms with van der Waals surface area (Å²) in [5, 5.41) is 3.54. The summed E-state index contributed by atoms with van der Waals surface area (Å²) >= 11 is 18.0. The fourth-order valence-corrected chi connectivity index (χ4v) is 5.24. The molecule has 2 bridgehead atoms. The van der Waals surface area contributed by atoms with Crippen molar-refractivity contribution in [2.45, 2.75) is 18.3 Å². The highest BCUT2D eigenvalue weighted by Crippen LogP contribution is 2.52. The van der Waals surface area contributed by atoms with Crippen LogP contribution in [0.1, 0.15) is 5.56 Å². The minimum atomic E-state index is -1.12. The first-order chi connectivity index (χ1) is 15.8. The quantitative estimate of drug-likeness (QED) is 0.369. The number of carbonyl (C=O) groups excluding carboxylic acids is 3. The number of hydrogen-bond donors (Lipinski definition) is 1. The lowest BCUT2D eigenvalue weighted by molar-refractivity contribution is -0.126. The summed E-state index contributed by atoms with van der Waals surface area (Å²) in [7, 11) is 0. The third-order valence-corrected chi connectivity index (χ3v) is 7.20. The van der Waals surface area contributed by atoms with E-state index in [2.05, 4.69) is 5.32 Å². The third-order valence-electron chi connectivity index (χ3n) is 6.13. The van der Waals surface area contributed by atoms with Gasteiger partial charge >= 0.3 is 6.09 Å². The van der Waals surface area contributed by atoms with Gasteiger partial charge in [-0.05, 0) is 24.3 Å². The van der Waals surface area contributed by atoms with Crippen LogP contribution in [0.3, 0.4) is 0 Å². The van der Waals surface area contributed by atoms with Gasteiger partial charge in [-0.2, -0.15) is 0 Å². The number of carbonyl (C=O) groups is 3. The lowest BCUT2D eigenvalue weighted by Gasteiger charge is -2.28. The minimum absolute atomic E-state index is 0.0310. The molecule has 5 rings (SSSR count). The smallest absolute Gasteiger partial charge is 0.407 e. The third kappa shape index (κ3) is 3.69. The maximum atomic E-state index is 13.3. The summed E-state index contributed by atoms with van der Waals surface area (Å²) in [6, 6.07) is 11.8. The molecular weight excluding hydrogens is 491 g/mol. The molecule has 3 aliphatic heterocycles. The highest BCUT2D eigenvalue weighted by atomic mass is 35.5. The van der Waals surface area contributed by atoms with Gasteiger partial charge in [0, 0.05) is 10.6 Å². The van der Waals surface area contributed by atoms with Crippen molar-refractivity contribution < 1.29 is 23.9 Å². The summed E-state index contributed by atoms with van der Waals surface area (Å²) in [4.78, 5) is 39.9. The highest BCUT2D eigenvalue weighted by Gasteiger charge is 2.67. The zero-order valence-corrected chi connectivity index (χ0v) is 19.2. The normalized spacial score (nSPS) is 27.2. The summed E-state index contributed by atoms with van der Waals surface area (Å²) < 4.78 is 11.2. The van der Waals surface area contributed by atoms with Gasteiger partial charge in [-0.15, -0.1) is 0 Å². The second-order valence-corrected chi connectivity index (χ2v) is 9.26. The second kappa shape index (κ2) is 8.33. The summed E-state index contributed by atoms with van der Waals surface area (Å²) in [5.41, 5.74) is -0.110. The van der Waals surface area contributed by atoms with E-state index in [1.54, 1.807) is 36.4 Å². The molecule has 2 aromatic rings. The van der Waals surface area contributed by atoms with Gasteiger partial charge in [-0.25, -0.2) is 9.69 Å². The molecular formula is C23H17Cl3N2O5. The molecule has 1 N–H and O–H groups in total. The molecule has 3 amide bonds. The number of anilines is 1. The predicted octanol–water partition coefficient (Wildman–Crippen LogP) is 4.39. The molecule has 170 valence electrons. The first-order valence-electron chi connectivity index (χ1n) is 10.1. The van der Waals surface area contributed by atoms with Crippen molar-refractivity contribution in [2.75, 3.05) is 11.4 Å². The number of hydrogen-bond acceptors (Lipinski definition) is 5. The Labute approximate surface area is 204 Å². The molecule has 2 fully saturated rings. The number of ether oxygens (including phenoxy) is 2. The van der Waals surface area contributed by atoms with Crippen LogP contribution in [0.2, 0.25) is 15.1 Å². The molecule has 2 saturated heterocycles. The molecule has 2 aromatic carbocycles. The van der Waals surface area contributed by atoms with Gasteiger partial charge in [0.1, 0.15) is 12.2 Å². The van der Waals surface area contributed by atoms with E-state index < -0.39 is 29.6 Å². The van der Waals surface area contributed by atoms with Gasteiger partial charge in [0.2, 0.25) is 11.8 Å². The SMILES string of the molecule is O=C(NC[C@@]12C=C[C@H](O1)[C@@H]1C(=O)N(c3ccccc3)C(=O)[C@H]12)OCc1cc(Cl)c(Cl)cc1Cl. The van der Waals surface area contributed by atoms with Crippen LogP contribution >= 0.6 is 34.8 Å². The molecule has 0 spiro atoms. The fraction of sp³-hybridized carbons (Fsp3) is 0.261. The van der Waals surface area contributed by atoms with Crippen molar-refractivity contribution in [1.29, 1.82) is 0 Å². The van der Waals surface area contributed by atoms with Gasteiger partial charge in [0.05, 0.1) is 40.2 Å². The van der Waals surface area contributed by atoms with Gasteiger partial charge in [-0.3, -0.25) is 9.59 Å². The Morgan fingerprint density at radius 1 is 1.06 bits per heavy atom. The van der Waals surface area contributed by atoms with Crippen molar-refractivity contribution in [3.63, 3.8) is 0 Å². The molecule has 0 aliphatic carbocycles. The van der Waals surface area contributed by atoms with Crippen molar-refractivity contribution in [3.8, 4) is 0 Å². The summed E-state index contributed by atoms with van der Waals surface area (Å²) in [6.45, 7) is -0.157. The molecule has 4 atom stereocenters. The summed E-state index contributed by atoms with van der Waals surface area (Å²) in [6.07, 6.45) is 2.26. The van der Waals surface area contributed by atoms with Gasteiger partial charge in [-0.1, -0.05) is 65.2 Å². The zero-order valence-electron chi connectivity index (χ0n) is 17.0. The molecule has 0 saturated carbocycles. The standard InChI is InChI=1S/C23H17Cl3N2O5/c24-14-9-16(26)15(25)8-12(14)10-32-22(31)27-11-23-7-6-17(33-23)18-19(23)21(30)28(20(18)29)13-4-2-1-3-5-13/h1-9,17-19H,10-11H2,(H,27,31)/t17-,18-,19-,23+/m0/s1. The fourth-order valence-electron chi connectivity index (χ4n) is 4.62. The van der Waals surface area contributed by atoms with E-state index in [9.17, 15) is 14.4 Å². The van der Waals surface area contributed by atoms with Crippen LogP contribution in [0.25, 0.3) is 0 Å². The van der Waals surface area contributed by atoms with Crippen LogP contribution in [-0.4, -0.2) is 36.2 Å². The van der Waals surface area contributed by atoms with E-state index in [1.165, 1.54) is 17.0 Å². The van der Waals surface area contributed by atoms with Gasteiger partial charge < -0.3 is 14.8 Å². The number of rotatable bonds is 5. The zero-order chi connectivity index (χ0) is 23.3. The number of halogens is 3. The number of alkyl carbamates (subject to hydrolysis) is 1. The summed E-state index contributed by atoms with van der Waals surface area (Å²) in [5.74, 6) is -2.01. The van der Waals surface area contributed by atoms with E-state index in [4.69, 9.17) is 44.3 Å². The lowest BCUT2D eigenvalue weighted by Crippen LogP contribution is -2.49. The van der Waals surface area contributed by atoms with Crippen molar-refractivity contribution in [3.05, 3.63) is 75.2 Å². The Morgan fingerprint density at radius 2 is 1.79 bits per heavy atom. The van der Waals surface area contributed by atoms with E-state index in [-0.39, 0.29) is 25.0 Å². The number of nitrogens with one attached hydrogen (secondary N) is 1. The van der Waals surface area contributed by atoms with Crippen LogP contribution in [-0.2, 0) is 25.7 Å². The second-order valence-electron chi connectivity index (χ2n) is 8.03. The van der Waals surface area contributed by atoms with Crippen LogP contribution < -0.4 is 10.2 Å². The molecule has 0 radical (unpaired) electrons. The average molecular weight is 508 g/mol.